The molecule has 1 aromatic carbocycles. The summed E-state index contributed by atoms with van der Waals surface area (Å²) >= 11 is 0. The Morgan fingerprint density at radius 2 is 1.66 bits per heavy atom. The molecule has 0 spiro atoms. The molecule has 2 aliphatic rings. The second kappa shape index (κ2) is 9.25. The molecule has 6 heteroatoms. The zero-order valence-electron chi connectivity index (χ0n) is 17.3. The monoisotopic (exact) mass is 393 g/mol. The number of carbonyl (C=O) groups is 1. The van der Waals surface area contributed by atoms with E-state index >= 15 is 0 Å². The van der Waals surface area contributed by atoms with Gasteiger partial charge in [0.1, 0.15) is 0 Å². The predicted octanol–water partition coefficient (Wildman–Crippen LogP) is 3.56. The standard InChI is InChI=1S/C23H31N5O/c1-18-7-6-10-20(17-18)27-13-15-28(16-14-27)22-12-11-21(25-26-22)23(29)24-19-8-4-2-3-5-9-19/h6-7,10-12,17,19H,2-5,8-9,13-16H2,1H3,(H,24,29). The molecule has 1 N–H and O–H groups in total. The molecule has 0 radical (unpaired) electrons. The molecule has 1 saturated heterocycles. The van der Waals surface area contributed by atoms with Gasteiger partial charge in [0, 0.05) is 37.9 Å². The van der Waals surface area contributed by atoms with E-state index < -0.39 is 0 Å². The van der Waals surface area contributed by atoms with Crippen LogP contribution in [-0.4, -0.2) is 48.3 Å². The first-order valence-corrected chi connectivity index (χ1v) is 10.9. The second-order valence-electron chi connectivity index (χ2n) is 8.25. The van der Waals surface area contributed by atoms with Crippen molar-refractivity contribution in [3.05, 3.63) is 47.7 Å². The van der Waals surface area contributed by atoms with Crippen molar-refractivity contribution in [2.24, 2.45) is 0 Å². The van der Waals surface area contributed by atoms with Crippen LogP contribution in [0, 0.1) is 6.92 Å². The molecular formula is C23H31N5O. The second-order valence-corrected chi connectivity index (χ2v) is 8.25. The van der Waals surface area contributed by atoms with Gasteiger partial charge in [-0.1, -0.05) is 37.8 Å². The SMILES string of the molecule is Cc1cccc(N2CCN(c3ccc(C(=O)NC4CCCCCC4)nn3)CC2)c1. The van der Waals surface area contributed by atoms with Crippen molar-refractivity contribution in [1.29, 1.82) is 0 Å². The van der Waals surface area contributed by atoms with Gasteiger partial charge in [-0.15, -0.1) is 10.2 Å². The van der Waals surface area contributed by atoms with E-state index in [1.54, 1.807) is 6.07 Å². The van der Waals surface area contributed by atoms with Gasteiger partial charge in [0.2, 0.25) is 0 Å². The van der Waals surface area contributed by atoms with Gasteiger partial charge < -0.3 is 15.1 Å². The van der Waals surface area contributed by atoms with Crippen LogP contribution < -0.4 is 15.1 Å². The van der Waals surface area contributed by atoms with Crippen molar-refractivity contribution >= 4 is 17.4 Å². The van der Waals surface area contributed by atoms with Crippen LogP contribution in [-0.2, 0) is 0 Å². The predicted molar refractivity (Wildman–Crippen MR) is 117 cm³/mol. The molecule has 2 heterocycles. The van der Waals surface area contributed by atoms with Crippen LogP contribution in [0.1, 0.15) is 54.6 Å². The molecule has 2 fully saturated rings. The number of amides is 1. The number of aryl methyl sites for hydroxylation is 1. The molecule has 2 aromatic rings. The number of nitrogens with zero attached hydrogens (tertiary/aromatic N) is 4. The van der Waals surface area contributed by atoms with E-state index in [2.05, 4.69) is 56.5 Å². The van der Waals surface area contributed by atoms with Crippen molar-refractivity contribution in [3.63, 3.8) is 0 Å². The summed E-state index contributed by atoms with van der Waals surface area (Å²) in [5.74, 6) is 0.750. The van der Waals surface area contributed by atoms with Crippen molar-refractivity contribution in [1.82, 2.24) is 15.5 Å². The van der Waals surface area contributed by atoms with Gasteiger partial charge in [0.15, 0.2) is 11.5 Å². The highest BCUT2D eigenvalue weighted by atomic mass is 16.2. The first-order chi connectivity index (χ1) is 14.2. The number of hydrogen-bond acceptors (Lipinski definition) is 5. The van der Waals surface area contributed by atoms with Crippen LogP contribution in [0.5, 0.6) is 0 Å². The minimum Gasteiger partial charge on any atom is -0.368 e. The average molecular weight is 394 g/mol. The maximum Gasteiger partial charge on any atom is 0.272 e. The Hall–Kier alpha value is -2.63. The molecule has 29 heavy (non-hydrogen) atoms. The summed E-state index contributed by atoms with van der Waals surface area (Å²) in [5, 5.41) is 11.7. The van der Waals surface area contributed by atoms with Gasteiger partial charge in [0.25, 0.3) is 5.91 Å². The van der Waals surface area contributed by atoms with Gasteiger partial charge in [-0.3, -0.25) is 4.79 Å². The fourth-order valence-corrected chi connectivity index (χ4v) is 4.32. The fourth-order valence-electron chi connectivity index (χ4n) is 4.32. The molecule has 1 aliphatic carbocycles. The largest absolute Gasteiger partial charge is 0.368 e. The molecule has 0 atom stereocenters. The van der Waals surface area contributed by atoms with E-state index in [1.165, 1.54) is 36.9 Å². The van der Waals surface area contributed by atoms with E-state index in [1.807, 2.05) is 6.07 Å². The Kier molecular flexibility index (Phi) is 6.27. The van der Waals surface area contributed by atoms with Crippen molar-refractivity contribution in [2.45, 2.75) is 51.5 Å². The van der Waals surface area contributed by atoms with Gasteiger partial charge in [-0.05, 0) is 49.6 Å². The molecule has 4 rings (SSSR count). The molecule has 1 amide bonds. The molecule has 6 nitrogen and oxygen atoms in total. The molecule has 1 aromatic heterocycles. The first-order valence-electron chi connectivity index (χ1n) is 10.9. The summed E-state index contributed by atoms with van der Waals surface area (Å²) in [5.41, 5.74) is 2.98. The summed E-state index contributed by atoms with van der Waals surface area (Å²) in [6.45, 7) is 5.83. The number of aromatic nitrogens is 2. The average Bonchev–Trinajstić information content (AvgIpc) is 3.03. The minimum absolute atomic E-state index is 0.0970. The quantitative estimate of drug-likeness (QED) is 0.805. The summed E-state index contributed by atoms with van der Waals surface area (Å²) in [6.07, 6.45) is 7.09. The normalized spacial score (nSPS) is 18.4. The van der Waals surface area contributed by atoms with E-state index in [0.29, 0.717) is 5.69 Å². The van der Waals surface area contributed by atoms with Gasteiger partial charge in [-0.25, -0.2) is 0 Å². The van der Waals surface area contributed by atoms with E-state index in [0.717, 1.165) is 44.8 Å². The number of anilines is 2. The van der Waals surface area contributed by atoms with Gasteiger partial charge in [-0.2, -0.15) is 0 Å². The third-order valence-electron chi connectivity index (χ3n) is 6.04. The third-order valence-corrected chi connectivity index (χ3v) is 6.04. The van der Waals surface area contributed by atoms with E-state index in [9.17, 15) is 4.79 Å². The summed E-state index contributed by atoms with van der Waals surface area (Å²) in [4.78, 5) is 17.2. The van der Waals surface area contributed by atoms with E-state index in [-0.39, 0.29) is 11.9 Å². The minimum atomic E-state index is -0.0970. The lowest BCUT2D eigenvalue weighted by Crippen LogP contribution is -2.47. The molecular weight excluding hydrogens is 362 g/mol. The molecule has 0 unspecified atom stereocenters. The van der Waals surface area contributed by atoms with Gasteiger partial charge >= 0.3 is 0 Å². The lowest BCUT2D eigenvalue weighted by Gasteiger charge is -2.36. The van der Waals surface area contributed by atoms with Crippen molar-refractivity contribution in [2.75, 3.05) is 36.0 Å². The Bertz CT molecular complexity index is 806. The van der Waals surface area contributed by atoms with Crippen LogP contribution in [0.15, 0.2) is 36.4 Å². The fraction of sp³-hybridized carbons (Fsp3) is 0.522. The van der Waals surface area contributed by atoms with E-state index in [4.69, 9.17) is 0 Å². The highest BCUT2D eigenvalue weighted by Gasteiger charge is 2.20. The number of benzene rings is 1. The maximum absolute atomic E-state index is 12.5. The van der Waals surface area contributed by atoms with Crippen molar-refractivity contribution in [3.8, 4) is 0 Å². The number of piperazine rings is 1. The topological polar surface area (TPSA) is 61.4 Å². The van der Waals surface area contributed by atoms with Crippen LogP contribution in [0.25, 0.3) is 0 Å². The van der Waals surface area contributed by atoms with Crippen LogP contribution in [0.3, 0.4) is 0 Å². The van der Waals surface area contributed by atoms with Crippen LogP contribution >= 0.6 is 0 Å². The van der Waals surface area contributed by atoms with Crippen molar-refractivity contribution < 1.29 is 4.79 Å². The smallest absolute Gasteiger partial charge is 0.272 e. The number of carbonyl (C=O) groups excluding carboxylic acids is 1. The zero-order valence-corrected chi connectivity index (χ0v) is 17.3. The van der Waals surface area contributed by atoms with Crippen LogP contribution in [0.2, 0.25) is 0 Å². The number of nitrogens with one attached hydrogen (secondary N) is 1. The Balaban J connectivity index is 1.32. The molecule has 0 bridgehead atoms. The van der Waals surface area contributed by atoms with Crippen LogP contribution in [0.4, 0.5) is 11.5 Å². The lowest BCUT2D eigenvalue weighted by molar-refractivity contribution is 0.0927. The third kappa shape index (κ3) is 5.05. The zero-order chi connectivity index (χ0) is 20.1. The first kappa shape index (κ1) is 19.7. The Morgan fingerprint density at radius 3 is 2.31 bits per heavy atom. The number of hydrogen-bond donors (Lipinski definition) is 1. The molecule has 1 aliphatic heterocycles. The number of rotatable bonds is 4. The molecule has 154 valence electrons. The Morgan fingerprint density at radius 1 is 0.931 bits per heavy atom. The maximum atomic E-state index is 12.5. The highest BCUT2D eigenvalue weighted by Crippen LogP contribution is 2.20. The van der Waals surface area contributed by atoms with Gasteiger partial charge in [0.05, 0.1) is 0 Å². The summed E-state index contributed by atoms with van der Waals surface area (Å²) in [6, 6.07) is 12.7. The summed E-state index contributed by atoms with van der Waals surface area (Å²) < 4.78 is 0. The lowest BCUT2D eigenvalue weighted by atomic mass is 10.1. The molecule has 1 saturated carbocycles. The summed E-state index contributed by atoms with van der Waals surface area (Å²) in [7, 11) is 0. The highest BCUT2D eigenvalue weighted by molar-refractivity contribution is 5.92. The Labute approximate surface area is 173 Å².